The standard InChI is InChI=1S/C27H39N3O3/c1-26(2)11-20-12-27(3,16-26)17-30(20)25(33)22-15-29(19-9-10-19)14-21(23(22)31)24(32)28-13-18-7-5-4-6-8-18/h14-15,18-20H,4-13,16-17H2,1-3H3,(H,28,32)/t20-,27+/m1/s1. The van der Waals surface area contributed by atoms with Crippen LogP contribution in [0.1, 0.15) is 112 Å². The van der Waals surface area contributed by atoms with Crippen molar-refractivity contribution in [3.63, 3.8) is 0 Å². The predicted octanol–water partition coefficient (Wildman–Crippen LogP) is 4.53. The van der Waals surface area contributed by atoms with Crippen molar-refractivity contribution < 1.29 is 9.59 Å². The van der Waals surface area contributed by atoms with Crippen molar-refractivity contribution in [3.05, 3.63) is 33.7 Å². The molecule has 0 unspecified atom stereocenters. The first kappa shape index (κ1) is 22.7. The van der Waals surface area contributed by atoms with Crippen molar-refractivity contribution in [2.75, 3.05) is 13.1 Å². The van der Waals surface area contributed by atoms with Gasteiger partial charge in [-0.15, -0.1) is 0 Å². The molecule has 1 aromatic rings. The number of nitrogens with one attached hydrogen (secondary N) is 1. The maximum atomic E-state index is 13.7. The van der Waals surface area contributed by atoms with E-state index in [1.807, 2.05) is 9.47 Å². The highest BCUT2D eigenvalue weighted by Crippen LogP contribution is 2.52. The Morgan fingerprint density at radius 3 is 2.36 bits per heavy atom. The minimum absolute atomic E-state index is 0.104. The normalized spacial score (nSPS) is 29.2. The van der Waals surface area contributed by atoms with Gasteiger partial charge in [-0.3, -0.25) is 14.4 Å². The Kier molecular flexibility index (Phi) is 5.69. The van der Waals surface area contributed by atoms with E-state index in [9.17, 15) is 14.4 Å². The van der Waals surface area contributed by atoms with Crippen LogP contribution in [-0.4, -0.2) is 40.4 Å². The Morgan fingerprint density at radius 2 is 1.67 bits per heavy atom. The van der Waals surface area contributed by atoms with Gasteiger partial charge in [-0.05, 0) is 61.7 Å². The third-order valence-corrected chi connectivity index (χ3v) is 8.44. The van der Waals surface area contributed by atoms with E-state index in [1.165, 1.54) is 19.3 Å². The van der Waals surface area contributed by atoms with Crippen LogP contribution in [0.4, 0.5) is 0 Å². The molecule has 33 heavy (non-hydrogen) atoms. The van der Waals surface area contributed by atoms with Gasteiger partial charge in [0.2, 0.25) is 5.43 Å². The smallest absolute Gasteiger partial charge is 0.259 e. The predicted molar refractivity (Wildman–Crippen MR) is 128 cm³/mol. The Labute approximate surface area is 197 Å². The minimum Gasteiger partial charge on any atom is -0.352 e. The number of hydrogen-bond acceptors (Lipinski definition) is 3. The molecule has 3 aliphatic carbocycles. The van der Waals surface area contributed by atoms with E-state index in [1.54, 1.807) is 12.4 Å². The zero-order valence-corrected chi connectivity index (χ0v) is 20.5. The Balaban J connectivity index is 1.40. The lowest BCUT2D eigenvalue weighted by atomic mass is 9.65. The number of amides is 2. The molecule has 3 saturated carbocycles. The van der Waals surface area contributed by atoms with Crippen molar-refractivity contribution in [1.29, 1.82) is 0 Å². The Morgan fingerprint density at radius 1 is 0.970 bits per heavy atom. The first-order chi connectivity index (χ1) is 15.6. The lowest BCUT2D eigenvalue weighted by Gasteiger charge is -2.39. The fraction of sp³-hybridized carbons (Fsp3) is 0.741. The van der Waals surface area contributed by atoms with E-state index < -0.39 is 5.43 Å². The highest BCUT2D eigenvalue weighted by atomic mass is 16.2. The SMILES string of the molecule is CC1(C)C[C@@H]2C[C@](C)(CN2C(=O)c2cn(C3CC3)cc(C(=O)NCC3CCCCC3)c2=O)C1. The maximum absolute atomic E-state index is 13.7. The van der Waals surface area contributed by atoms with Gasteiger partial charge in [0.15, 0.2) is 0 Å². The summed E-state index contributed by atoms with van der Waals surface area (Å²) in [6.45, 7) is 8.14. The molecule has 2 amide bonds. The van der Waals surface area contributed by atoms with Gasteiger partial charge >= 0.3 is 0 Å². The summed E-state index contributed by atoms with van der Waals surface area (Å²) in [5.74, 6) is -0.0307. The zero-order chi connectivity index (χ0) is 23.4. The summed E-state index contributed by atoms with van der Waals surface area (Å²) in [4.78, 5) is 42.2. The second-order valence-corrected chi connectivity index (χ2v) is 12.5. The Bertz CT molecular complexity index is 1000. The fourth-order valence-electron chi connectivity index (χ4n) is 7.07. The maximum Gasteiger partial charge on any atom is 0.259 e. The van der Waals surface area contributed by atoms with Gasteiger partial charge in [0.25, 0.3) is 11.8 Å². The van der Waals surface area contributed by atoms with Crippen molar-refractivity contribution in [3.8, 4) is 0 Å². The van der Waals surface area contributed by atoms with E-state index in [0.29, 0.717) is 19.0 Å². The molecular weight excluding hydrogens is 414 g/mol. The monoisotopic (exact) mass is 453 g/mol. The van der Waals surface area contributed by atoms with Crippen LogP contribution < -0.4 is 10.7 Å². The van der Waals surface area contributed by atoms with Gasteiger partial charge in [-0.1, -0.05) is 40.0 Å². The summed E-state index contributed by atoms with van der Waals surface area (Å²) in [6.07, 6.45) is 14.5. The molecule has 1 saturated heterocycles. The van der Waals surface area contributed by atoms with Crippen LogP contribution in [-0.2, 0) is 0 Å². The largest absolute Gasteiger partial charge is 0.352 e. The van der Waals surface area contributed by atoms with E-state index in [4.69, 9.17) is 0 Å². The fourth-order valence-corrected chi connectivity index (χ4v) is 7.07. The highest BCUT2D eigenvalue weighted by Gasteiger charge is 2.51. The Hall–Kier alpha value is -2.11. The molecule has 180 valence electrons. The number of fused-ring (bicyclic) bond motifs is 2. The van der Waals surface area contributed by atoms with Crippen molar-refractivity contribution in [2.24, 2.45) is 16.7 Å². The molecule has 6 nitrogen and oxygen atoms in total. The molecule has 5 rings (SSSR count). The number of likely N-dealkylation sites (tertiary alicyclic amines) is 1. The minimum atomic E-state index is -0.413. The number of carbonyl (C=O) groups excluding carboxylic acids is 2. The molecule has 1 N–H and O–H groups in total. The van der Waals surface area contributed by atoms with Gasteiger partial charge in [0, 0.05) is 37.6 Å². The second kappa shape index (κ2) is 8.28. The molecule has 1 aromatic heterocycles. The van der Waals surface area contributed by atoms with Gasteiger partial charge in [0.1, 0.15) is 11.1 Å². The third-order valence-electron chi connectivity index (χ3n) is 8.44. The van der Waals surface area contributed by atoms with Crippen molar-refractivity contribution >= 4 is 11.8 Å². The third kappa shape index (κ3) is 4.63. The quantitative estimate of drug-likeness (QED) is 0.712. The summed E-state index contributed by atoms with van der Waals surface area (Å²) in [5, 5.41) is 3.01. The van der Waals surface area contributed by atoms with Gasteiger partial charge < -0.3 is 14.8 Å². The number of aromatic nitrogens is 1. The van der Waals surface area contributed by atoms with Gasteiger partial charge in [-0.2, -0.15) is 0 Å². The number of carbonyl (C=O) groups is 2. The van der Waals surface area contributed by atoms with E-state index in [0.717, 1.165) is 44.9 Å². The van der Waals surface area contributed by atoms with Crippen molar-refractivity contribution in [1.82, 2.24) is 14.8 Å². The van der Waals surface area contributed by atoms with Crippen LogP contribution in [0.25, 0.3) is 0 Å². The topological polar surface area (TPSA) is 71.4 Å². The summed E-state index contributed by atoms with van der Waals surface area (Å²) in [6, 6.07) is 0.458. The molecule has 2 bridgehead atoms. The van der Waals surface area contributed by atoms with Crippen LogP contribution in [0.2, 0.25) is 0 Å². The molecule has 0 radical (unpaired) electrons. The molecule has 2 atom stereocenters. The number of pyridine rings is 1. The number of rotatable bonds is 5. The molecule has 1 aliphatic heterocycles. The lowest BCUT2D eigenvalue weighted by Crippen LogP contribution is -2.41. The lowest BCUT2D eigenvalue weighted by molar-refractivity contribution is 0.0706. The van der Waals surface area contributed by atoms with Crippen LogP contribution in [0.5, 0.6) is 0 Å². The molecule has 2 heterocycles. The summed E-state index contributed by atoms with van der Waals surface area (Å²) < 4.78 is 1.94. The van der Waals surface area contributed by atoms with E-state index >= 15 is 0 Å². The summed E-state index contributed by atoms with van der Waals surface area (Å²) in [7, 11) is 0. The molecule has 0 aromatic carbocycles. The first-order valence-electron chi connectivity index (χ1n) is 13.0. The molecule has 4 fully saturated rings. The van der Waals surface area contributed by atoms with Crippen LogP contribution in [0, 0.1) is 16.7 Å². The summed E-state index contributed by atoms with van der Waals surface area (Å²) in [5.41, 5.74) is 0.177. The van der Waals surface area contributed by atoms with Crippen LogP contribution in [0.3, 0.4) is 0 Å². The van der Waals surface area contributed by atoms with Crippen LogP contribution in [0.15, 0.2) is 17.2 Å². The van der Waals surface area contributed by atoms with Crippen molar-refractivity contribution in [2.45, 2.75) is 97.1 Å². The van der Waals surface area contributed by atoms with E-state index in [-0.39, 0.29) is 45.9 Å². The average molecular weight is 454 g/mol. The zero-order valence-electron chi connectivity index (χ0n) is 20.5. The van der Waals surface area contributed by atoms with Crippen LogP contribution >= 0.6 is 0 Å². The molecular formula is C27H39N3O3. The van der Waals surface area contributed by atoms with Gasteiger partial charge in [-0.25, -0.2) is 0 Å². The molecule has 6 heteroatoms. The first-order valence-corrected chi connectivity index (χ1v) is 13.0. The second-order valence-electron chi connectivity index (χ2n) is 12.5. The average Bonchev–Trinajstić information content (AvgIpc) is 3.57. The number of nitrogens with zero attached hydrogens (tertiary/aromatic N) is 2. The summed E-state index contributed by atoms with van der Waals surface area (Å²) >= 11 is 0. The van der Waals surface area contributed by atoms with E-state index in [2.05, 4.69) is 26.1 Å². The highest BCUT2D eigenvalue weighted by molar-refractivity contribution is 5.99. The molecule has 4 aliphatic rings. The van der Waals surface area contributed by atoms with Gasteiger partial charge in [0.05, 0.1) is 0 Å². The molecule has 0 spiro atoms. The number of hydrogen-bond donors (Lipinski definition) is 1.